The van der Waals surface area contributed by atoms with Gasteiger partial charge >= 0.3 is 0 Å². The molecule has 2 rings (SSSR count). The van der Waals surface area contributed by atoms with Gasteiger partial charge in [0.05, 0.1) is 6.10 Å². The second-order valence-corrected chi connectivity index (χ2v) is 4.52. The monoisotopic (exact) mass is 220 g/mol. The van der Waals surface area contributed by atoms with E-state index >= 15 is 0 Å². The van der Waals surface area contributed by atoms with Gasteiger partial charge in [-0.05, 0) is 56.2 Å². The zero-order valence-electron chi connectivity index (χ0n) is 9.91. The second-order valence-electron chi connectivity index (χ2n) is 4.52. The van der Waals surface area contributed by atoms with Crippen LogP contribution >= 0.6 is 0 Å². The van der Waals surface area contributed by atoms with Gasteiger partial charge in [0, 0.05) is 12.8 Å². The van der Waals surface area contributed by atoms with Gasteiger partial charge in [-0.2, -0.15) is 0 Å². The number of ether oxygens (including phenoxy) is 1. The lowest BCUT2D eigenvalue weighted by atomic mass is 10.0. The van der Waals surface area contributed by atoms with Gasteiger partial charge in [0.1, 0.15) is 5.82 Å². The Morgan fingerprint density at radius 2 is 2.44 bits per heavy atom. The van der Waals surface area contributed by atoms with E-state index in [4.69, 9.17) is 10.5 Å². The van der Waals surface area contributed by atoms with E-state index in [1.54, 1.807) is 6.20 Å². The molecule has 2 N–H and O–H groups in total. The minimum atomic E-state index is 0.484. The Kier molecular flexibility index (Phi) is 3.78. The van der Waals surface area contributed by atoms with Crippen LogP contribution in [0, 0.1) is 6.92 Å². The van der Waals surface area contributed by atoms with E-state index < -0.39 is 0 Å². The maximum Gasteiger partial charge on any atom is 0.126 e. The Morgan fingerprint density at radius 1 is 1.56 bits per heavy atom. The lowest BCUT2D eigenvalue weighted by Crippen LogP contribution is -2.06. The van der Waals surface area contributed by atoms with Gasteiger partial charge in [0.15, 0.2) is 0 Å². The lowest BCUT2D eigenvalue weighted by molar-refractivity contribution is 0.102. The summed E-state index contributed by atoms with van der Waals surface area (Å²) in [4.78, 5) is 4.14. The molecule has 3 nitrogen and oxygen atoms in total. The van der Waals surface area contributed by atoms with E-state index in [-0.39, 0.29) is 0 Å². The smallest absolute Gasteiger partial charge is 0.126 e. The van der Waals surface area contributed by atoms with Crippen LogP contribution in [0.25, 0.3) is 0 Å². The molecule has 0 saturated carbocycles. The number of aromatic nitrogens is 1. The predicted octanol–water partition coefficient (Wildman–Crippen LogP) is 2.47. The van der Waals surface area contributed by atoms with Gasteiger partial charge in [-0.1, -0.05) is 0 Å². The number of rotatable bonds is 4. The number of nitrogen functional groups attached to an aromatic ring is 1. The molecule has 0 bridgehead atoms. The number of anilines is 1. The molecule has 1 saturated heterocycles. The number of aryl methyl sites for hydroxylation is 1. The molecule has 0 amide bonds. The first-order valence-electron chi connectivity index (χ1n) is 6.09. The van der Waals surface area contributed by atoms with Crippen molar-refractivity contribution in [2.24, 2.45) is 0 Å². The summed E-state index contributed by atoms with van der Waals surface area (Å²) < 4.78 is 5.60. The fourth-order valence-corrected chi connectivity index (χ4v) is 2.31. The summed E-state index contributed by atoms with van der Waals surface area (Å²) in [7, 11) is 0. The highest BCUT2D eigenvalue weighted by molar-refractivity contribution is 5.43. The molecule has 1 aromatic rings. The van der Waals surface area contributed by atoms with Gasteiger partial charge in [0.25, 0.3) is 0 Å². The fraction of sp³-hybridized carbons (Fsp3) is 0.615. The molecule has 0 aromatic carbocycles. The third kappa shape index (κ3) is 2.73. The van der Waals surface area contributed by atoms with Crippen molar-refractivity contribution >= 4 is 5.82 Å². The van der Waals surface area contributed by atoms with E-state index in [0.717, 1.165) is 25.9 Å². The molecule has 1 aliphatic rings. The molecule has 88 valence electrons. The number of nitrogens with two attached hydrogens (primary N) is 1. The summed E-state index contributed by atoms with van der Waals surface area (Å²) in [5.74, 6) is 0.687. The van der Waals surface area contributed by atoms with Crippen molar-refractivity contribution in [3.8, 4) is 0 Å². The van der Waals surface area contributed by atoms with Crippen molar-refractivity contribution in [1.82, 2.24) is 4.98 Å². The van der Waals surface area contributed by atoms with Gasteiger partial charge < -0.3 is 10.5 Å². The Hall–Kier alpha value is -1.09. The van der Waals surface area contributed by atoms with Crippen LogP contribution in [0.2, 0.25) is 0 Å². The molecule has 0 radical (unpaired) electrons. The fourth-order valence-electron chi connectivity index (χ4n) is 2.31. The molecule has 0 spiro atoms. The van der Waals surface area contributed by atoms with Gasteiger partial charge in [0.2, 0.25) is 0 Å². The highest BCUT2D eigenvalue weighted by Crippen LogP contribution is 2.20. The normalized spacial score (nSPS) is 20.2. The summed E-state index contributed by atoms with van der Waals surface area (Å²) in [5.41, 5.74) is 8.33. The first-order valence-corrected chi connectivity index (χ1v) is 6.09. The molecule has 1 unspecified atom stereocenters. The summed E-state index contributed by atoms with van der Waals surface area (Å²) in [6.45, 7) is 3.04. The summed E-state index contributed by atoms with van der Waals surface area (Å²) in [5, 5.41) is 0. The van der Waals surface area contributed by atoms with E-state index in [1.807, 2.05) is 6.07 Å². The number of nitrogens with zero attached hydrogens (tertiary/aromatic N) is 1. The van der Waals surface area contributed by atoms with Crippen molar-refractivity contribution in [3.05, 3.63) is 23.4 Å². The third-order valence-corrected chi connectivity index (χ3v) is 3.30. The van der Waals surface area contributed by atoms with Crippen molar-refractivity contribution in [1.29, 1.82) is 0 Å². The van der Waals surface area contributed by atoms with Crippen LogP contribution in [0.1, 0.15) is 36.8 Å². The summed E-state index contributed by atoms with van der Waals surface area (Å²) in [6, 6.07) is 2.03. The molecule has 1 fully saturated rings. The van der Waals surface area contributed by atoms with Crippen molar-refractivity contribution in [2.75, 3.05) is 12.3 Å². The molecular formula is C13H20N2O. The van der Waals surface area contributed by atoms with E-state index in [0.29, 0.717) is 11.9 Å². The van der Waals surface area contributed by atoms with Crippen molar-refractivity contribution in [2.45, 2.75) is 45.1 Å². The minimum absolute atomic E-state index is 0.484. The van der Waals surface area contributed by atoms with Crippen LogP contribution in [-0.4, -0.2) is 17.7 Å². The number of pyridine rings is 1. The van der Waals surface area contributed by atoms with Gasteiger partial charge in [-0.15, -0.1) is 0 Å². The zero-order valence-corrected chi connectivity index (χ0v) is 9.91. The first kappa shape index (κ1) is 11.4. The molecule has 0 aliphatic carbocycles. The van der Waals surface area contributed by atoms with Gasteiger partial charge in [-0.25, -0.2) is 4.98 Å². The zero-order chi connectivity index (χ0) is 11.4. The average Bonchev–Trinajstić information content (AvgIpc) is 2.75. The highest BCUT2D eigenvalue weighted by atomic mass is 16.5. The van der Waals surface area contributed by atoms with Crippen LogP contribution in [0.5, 0.6) is 0 Å². The third-order valence-electron chi connectivity index (χ3n) is 3.30. The molecule has 2 heterocycles. The first-order chi connectivity index (χ1) is 7.77. The quantitative estimate of drug-likeness (QED) is 0.848. The van der Waals surface area contributed by atoms with Crippen LogP contribution in [0.3, 0.4) is 0 Å². The lowest BCUT2D eigenvalue weighted by Gasteiger charge is -2.11. The molecule has 1 aliphatic heterocycles. The minimum Gasteiger partial charge on any atom is -0.383 e. The number of hydrogen-bond acceptors (Lipinski definition) is 3. The Labute approximate surface area is 97.0 Å². The standard InChI is InChI=1S/C13H20N2O/c1-10-7-8-15-13(14)12(10)6-2-4-11-5-3-9-16-11/h7-8,11H,2-6,9H2,1H3,(H2,14,15). The van der Waals surface area contributed by atoms with Crippen LogP contribution < -0.4 is 5.73 Å². The van der Waals surface area contributed by atoms with Crippen LogP contribution in [0.15, 0.2) is 12.3 Å². The molecule has 1 aromatic heterocycles. The second kappa shape index (κ2) is 5.30. The molecule has 16 heavy (non-hydrogen) atoms. The maximum absolute atomic E-state index is 5.87. The van der Waals surface area contributed by atoms with E-state index in [1.165, 1.54) is 24.0 Å². The Balaban J connectivity index is 1.84. The topological polar surface area (TPSA) is 48.1 Å². The average molecular weight is 220 g/mol. The molecule has 3 heteroatoms. The molecular weight excluding hydrogens is 200 g/mol. The summed E-state index contributed by atoms with van der Waals surface area (Å²) in [6.07, 6.45) is 8.01. The Bertz CT molecular complexity index is 326. The van der Waals surface area contributed by atoms with Crippen molar-refractivity contribution < 1.29 is 4.74 Å². The highest BCUT2D eigenvalue weighted by Gasteiger charge is 2.15. The van der Waals surface area contributed by atoms with Crippen LogP contribution in [-0.2, 0) is 11.2 Å². The van der Waals surface area contributed by atoms with E-state index in [9.17, 15) is 0 Å². The largest absolute Gasteiger partial charge is 0.383 e. The van der Waals surface area contributed by atoms with Crippen molar-refractivity contribution in [3.63, 3.8) is 0 Å². The molecule has 1 atom stereocenters. The van der Waals surface area contributed by atoms with E-state index in [2.05, 4.69) is 11.9 Å². The SMILES string of the molecule is Cc1ccnc(N)c1CCCC1CCCO1. The Morgan fingerprint density at radius 3 is 3.12 bits per heavy atom. The van der Waals surface area contributed by atoms with Crippen LogP contribution in [0.4, 0.5) is 5.82 Å². The summed E-state index contributed by atoms with van der Waals surface area (Å²) >= 11 is 0. The van der Waals surface area contributed by atoms with Gasteiger partial charge in [-0.3, -0.25) is 0 Å². The maximum atomic E-state index is 5.87. The number of hydrogen-bond donors (Lipinski definition) is 1. The predicted molar refractivity (Wildman–Crippen MR) is 65.3 cm³/mol.